The molecule has 0 aliphatic heterocycles. The van der Waals surface area contributed by atoms with E-state index >= 15 is 0 Å². The van der Waals surface area contributed by atoms with E-state index in [2.05, 4.69) is 129 Å². The van der Waals surface area contributed by atoms with Gasteiger partial charge in [0.15, 0.2) is 0 Å². The lowest BCUT2D eigenvalue weighted by Gasteiger charge is -1.91. The number of carboxylic acids is 1. The molecule has 62 heavy (non-hydrogen) atoms. The molecule has 0 heterocycles. The number of rotatable bonds is 28. The number of hydrogen-bond acceptors (Lipinski definition) is 3. The first-order chi connectivity index (χ1) is 29.9. The van der Waals surface area contributed by atoms with Gasteiger partial charge in [-0.2, -0.15) is 0 Å². The predicted octanol–water partition coefficient (Wildman–Crippen LogP) is 22.9. The normalized spacial score (nSPS) is 8.89. The molecule has 388 valence electrons. The molecule has 0 saturated carbocycles. The summed E-state index contributed by atoms with van der Waals surface area (Å²) in [4.78, 5) is 19.5. The summed E-state index contributed by atoms with van der Waals surface area (Å²) in [5, 5.41) is 7.84. The Balaban J connectivity index is -0.0000000607. The molecule has 0 rings (SSSR count). The maximum absolute atomic E-state index is 9.92. The number of esters is 1. The van der Waals surface area contributed by atoms with Crippen molar-refractivity contribution in [2.75, 3.05) is 6.61 Å². The second-order valence-corrected chi connectivity index (χ2v) is 16.4. The summed E-state index contributed by atoms with van der Waals surface area (Å²) >= 11 is 0. The minimum absolute atomic E-state index is 0.102. The molecule has 1 N–H and O–H groups in total. The Hall–Kier alpha value is -1.06. The van der Waals surface area contributed by atoms with Crippen molar-refractivity contribution < 1.29 is 19.4 Å². The summed E-state index contributed by atoms with van der Waals surface area (Å²) < 4.78 is 4.06. The van der Waals surface area contributed by atoms with Gasteiger partial charge in [-0.15, -0.1) is 0 Å². The number of aliphatic carboxylic acids is 1. The molecular formula is C58H132O4. The van der Waals surface area contributed by atoms with Crippen molar-refractivity contribution in [2.45, 2.75) is 363 Å². The molecule has 0 spiro atoms. The highest BCUT2D eigenvalue weighted by atomic mass is 16.6. The van der Waals surface area contributed by atoms with Crippen molar-refractivity contribution in [1.82, 2.24) is 0 Å². The highest BCUT2D eigenvalue weighted by molar-refractivity contribution is 6.28. The second kappa shape index (κ2) is 113. The molecule has 0 fully saturated rings. The molecule has 0 unspecified atom stereocenters. The van der Waals surface area contributed by atoms with Gasteiger partial charge in [-0.25, -0.2) is 9.59 Å². The first kappa shape index (κ1) is 84.4. The van der Waals surface area contributed by atoms with Crippen LogP contribution in [0.3, 0.4) is 0 Å². The molecule has 0 radical (unpaired) electrons. The fourth-order valence-corrected chi connectivity index (χ4v) is 4.69. The zero-order valence-electron chi connectivity index (χ0n) is 47.8. The molecule has 4 heteroatoms. The number of unbranched alkanes of at least 4 members (excludes halogenated alkanes) is 27. The first-order valence-electron chi connectivity index (χ1n) is 28.3. The molecule has 0 aliphatic rings. The van der Waals surface area contributed by atoms with Crippen LogP contribution in [0.4, 0.5) is 0 Å². The van der Waals surface area contributed by atoms with Crippen LogP contribution in [0.5, 0.6) is 0 Å². The zero-order valence-corrected chi connectivity index (χ0v) is 47.8. The summed E-state index contributed by atoms with van der Waals surface area (Å²) in [5.74, 6) is -2.75. The monoisotopic (exact) mass is 893 g/mol. The summed E-state index contributed by atoms with van der Waals surface area (Å²) in [5.41, 5.74) is 0. The van der Waals surface area contributed by atoms with Crippen LogP contribution in [0.1, 0.15) is 363 Å². The van der Waals surface area contributed by atoms with Crippen LogP contribution >= 0.6 is 0 Å². The lowest BCUT2D eigenvalue weighted by atomic mass is 10.2. The number of carboxylic acid groups (broad SMARTS) is 1. The number of ether oxygens (including phenoxy) is 1. The van der Waals surface area contributed by atoms with E-state index in [9.17, 15) is 9.59 Å². The van der Waals surface area contributed by atoms with Gasteiger partial charge >= 0.3 is 11.9 Å². The Morgan fingerprint density at radius 1 is 0.242 bits per heavy atom. The maximum atomic E-state index is 9.92. The smallest absolute Gasteiger partial charge is 0.417 e. The molecule has 0 saturated heterocycles. The van der Waals surface area contributed by atoms with Gasteiger partial charge < -0.3 is 9.84 Å². The molecule has 4 nitrogen and oxygen atoms in total. The van der Waals surface area contributed by atoms with Crippen LogP contribution < -0.4 is 0 Å². The topological polar surface area (TPSA) is 63.6 Å². The molecule has 0 bridgehead atoms. The van der Waals surface area contributed by atoms with Crippen LogP contribution in [-0.4, -0.2) is 23.7 Å². The quantitative estimate of drug-likeness (QED) is 0.0483. The van der Waals surface area contributed by atoms with Crippen LogP contribution in [0.25, 0.3) is 0 Å². The molecule has 0 aliphatic carbocycles. The molecule has 0 amide bonds. The van der Waals surface area contributed by atoms with E-state index in [4.69, 9.17) is 5.11 Å². The van der Waals surface area contributed by atoms with E-state index in [-0.39, 0.29) is 6.61 Å². The Kier molecular flexibility index (Phi) is 154. The van der Waals surface area contributed by atoms with Crippen LogP contribution in [0, 0.1) is 0 Å². The van der Waals surface area contributed by atoms with Gasteiger partial charge in [-0.1, -0.05) is 356 Å². The van der Waals surface area contributed by atoms with Gasteiger partial charge in [0, 0.05) is 0 Å². The minimum atomic E-state index is -1.55. The van der Waals surface area contributed by atoms with Gasteiger partial charge in [-0.3, -0.25) is 0 Å². The third kappa shape index (κ3) is 182. The fourth-order valence-electron chi connectivity index (χ4n) is 4.69. The molecule has 0 aromatic rings. The Morgan fingerprint density at radius 3 is 0.371 bits per heavy atom. The average molecular weight is 894 g/mol. The van der Waals surface area contributed by atoms with Gasteiger partial charge in [-0.05, 0) is 6.92 Å². The van der Waals surface area contributed by atoms with Crippen LogP contribution in [0.2, 0.25) is 0 Å². The minimum Gasteiger partial charge on any atom is -0.473 e. The summed E-state index contributed by atoms with van der Waals surface area (Å²) in [6.45, 7) is 41.8. The fraction of sp³-hybridized carbons (Fsp3) is 0.966. The second-order valence-electron chi connectivity index (χ2n) is 16.4. The summed E-state index contributed by atoms with van der Waals surface area (Å²) in [6.07, 6.45) is 49.8. The van der Waals surface area contributed by atoms with Crippen LogP contribution in [0.15, 0.2) is 0 Å². The van der Waals surface area contributed by atoms with Gasteiger partial charge in [0.1, 0.15) is 0 Å². The van der Waals surface area contributed by atoms with Crippen molar-refractivity contribution in [3.8, 4) is 0 Å². The number of carbonyl (C=O) groups excluding carboxylic acids is 1. The highest BCUT2D eigenvalue weighted by Crippen LogP contribution is 1.99. The van der Waals surface area contributed by atoms with E-state index < -0.39 is 11.9 Å². The Morgan fingerprint density at radius 2 is 0.339 bits per heavy atom. The van der Waals surface area contributed by atoms with Crippen LogP contribution in [-0.2, 0) is 14.3 Å². The third-order valence-corrected chi connectivity index (χ3v) is 9.06. The number of hydrogen-bond donors (Lipinski definition) is 1. The number of carbonyl (C=O) groups is 2. The van der Waals surface area contributed by atoms with Crippen molar-refractivity contribution in [2.24, 2.45) is 0 Å². The highest BCUT2D eigenvalue weighted by Gasteiger charge is 2.10. The van der Waals surface area contributed by atoms with E-state index in [0.717, 1.165) is 0 Å². The Bertz CT molecular complexity index is 428. The van der Waals surface area contributed by atoms with Crippen molar-refractivity contribution in [1.29, 1.82) is 0 Å². The Labute approximate surface area is 399 Å². The average Bonchev–Trinajstić information content (AvgIpc) is 3.29. The first-order valence-corrected chi connectivity index (χ1v) is 28.3. The standard InChI is InChI=1S/9C6H14.C4H6O4/c9*1-3-5-6-4-2;1-2-8-4(7)3(5)6/h9*3-6H2,1-2H3;2H2,1H3,(H,5,6). The largest absolute Gasteiger partial charge is 0.473 e. The van der Waals surface area contributed by atoms with E-state index in [1.54, 1.807) is 6.92 Å². The zero-order chi connectivity index (χ0) is 50.0. The summed E-state index contributed by atoms with van der Waals surface area (Å²) in [6, 6.07) is 0. The SMILES string of the molecule is CCCCCC.CCCCCC.CCCCCC.CCCCCC.CCCCCC.CCCCCC.CCCCCC.CCCCCC.CCCCCC.CCOC(=O)C(=O)O. The molecule has 0 atom stereocenters. The lowest BCUT2D eigenvalue weighted by Crippen LogP contribution is -2.15. The van der Waals surface area contributed by atoms with Gasteiger partial charge in [0.2, 0.25) is 0 Å². The maximum Gasteiger partial charge on any atom is 0.417 e. The van der Waals surface area contributed by atoms with E-state index in [0.29, 0.717) is 0 Å². The molecular weight excluding hydrogens is 761 g/mol. The van der Waals surface area contributed by atoms with Gasteiger partial charge in [0.25, 0.3) is 0 Å². The molecule has 0 aromatic carbocycles. The molecule has 0 aromatic heterocycles. The van der Waals surface area contributed by atoms with E-state index in [1.807, 2.05) is 0 Å². The summed E-state index contributed by atoms with van der Waals surface area (Å²) in [7, 11) is 0. The predicted molar refractivity (Wildman–Crippen MR) is 293 cm³/mol. The van der Waals surface area contributed by atoms with E-state index in [1.165, 1.54) is 231 Å². The van der Waals surface area contributed by atoms with Crippen molar-refractivity contribution in [3.63, 3.8) is 0 Å². The van der Waals surface area contributed by atoms with Gasteiger partial charge in [0.05, 0.1) is 6.61 Å². The third-order valence-electron chi connectivity index (χ3n) is 9.06. The lowest BCUT2D eigenvalue weighted by molar-refractivity contribution is -0.163. The van der Waals surface area contributed by atoms with Crippen molar-refractivity contribution in [3.05, 3.63) is 0 Å². The van der Waals surface area contributed by atoms with Crippen molar-refractivity contribution >= 4 is 11.9 Å².